The van der Waals surface area contributed by atoms with Crippen LogP contribution in [0, 0.1) is 0 Å². The normalized spacial score (nSPS) is 13.5. The Labute approximate surface area is 274 Å². The summed E-state index contributed by atoms with van der Waals surface area (Å²) in [7, 11) is 0. The Morgan fingerprint density at radius 3 is 1.00 bits per heavy atom. The number of nitrogens with zero attached hydrogens (tertiary/aromatic N) is 3. The Kier molecular flexibility index (Phi) is 7.41. The van der Waals surface area contributed by atoms with E-state index >= 15 is 0 Å². The Morgan fingerprint density at radius 2 is 0.717 bits per heavy atom. The molecule has 0 saturated carbocycles. The molecule has 0 N–H and O–H groups in total. The van der Waals surface area contributed by atoms with Crippen LogP contribution in [0.15, 0.2) is 158 Å². The van der Waals surface area contributed by atoms with Crippen molar-refractivity contribution < 1.29 is 0 Å². The largest absolute Gasteiger partial charge is 0.336 e. The minimum Gasteiger partial charge on any atom is -0.336 e. The zero-order valence-corrected chi connectivity index (χ0v) is 27.4. The molecule has 3 heteroatoms. The summed E-state index contributed by atoms with van der Waals surface area (Å²) in [5.41, 5.74) is 11.6. The van der Waals surface area contributed by atoms with Crippen molar-refractivity contribution in [3.63, 3.8) is 0 Å². The van der Waals surface area contributed by atoms with E-state index in [0.717, 1.165) is 34.1 Å². The van der Waals surface area contributed by atoms with E-state index in [1.54, 1.807) is 0 Å². The lowest BCUT2D eigenvalue weighted by Crippen LogP contribution is -2.43. The van der Waals surface area contributed by atoms with Crippen LogP contribution < -0.4 is 14.7 Å². The van der Waals surface area contributed by atoms with E-state index < -0.39 is 0 Å². The number of hydrogen-bond acceptors (Lipinski definition) is 3. The Balaban J connectivity index is 1.42. The lowest BCUT2D eigenvalue weighted by atomic mass is 9.72. The van der Waals surface area contributed by atoms with E-state index in [4.69, 9.17) is 0 Å². The fourth-order valence-corrected chi connectivity index (χ4v) is 6.92. The van der Waals surface area contributed by atoms with Gasteiger partial charge in [-0.3, -0.25) is 0 Å². The number of anilines is 8. The molecule has 6 aromatic rings. The molecular weight excluding hydrogens is 558 g/mol. The number of fused-ring (bicyclic) bond motifs is 2. The van der Waals surface area contributed by atoms with Gasteiger partial charge in [0, 0.05) is 56.5 Å². The van der Waals surface area contributed by atoms with Gasteiger partial charge in [0.1, 0.15) is 0 Å². The molecule has 1 aliphatic heterocycles. The molecule has 0 fully saturated rings. The van der Waals surface area contributed by atoms with Crippen LogP contribution in [0.4, 0.5) is 45.5 Å². The second kappa shape index (κ2) is 11.6. The summed E-state index contributed by atoms with van der Waals surface area (Å²) in [5, 5.41) is 0. The molecule has 7 rings (SSSR count). The summed E-state index contributed by atoms with van der Waals surface area (Å²) in [6.07, 6.45) is 0. The lowest BCUT2D eigenvalue weighted by molar-refractivity contribution is 0.530. The standard InChI is InChI=1S/C43H41N3/c1-42(2,3)46-40-28-26-36(44(32-18-10-6-11-19-32)33-20-12-7-13-21-33)30-38(40)43(4,5)39-31-37(27-29-41(39)46)45(34-22-14-8-15-23-34)35-24-16-9-17-25-35/h6-31H,1-5H3. The lowest BCUT2D eigenvalue weighted by Gasteiger charge is -2.48. The number of hydrogen-bond donors (Lipinski definition) is 0. The molecule has 0 aliphatic carbocycles. The maximum Gasteiger partial charge on any atom is 0.0466 e. The van der Waals surface area contributed by atoms with Crippen molar-refractivity contribution in [1.82, 2.24) is 0 Å². The van der Waals surface area contributed by atoms with Gasteiger partial charge >= 0.3 is 0 Å². The molecule has 0 radical (unpaired) electrons. The quantitative estimate of drug-likeness (QED) is 0.189. The van der Waals surface area contributed by atoms with Crippen molar-refractivity contribution in [1.29, 1.82) is 0 Å². The predicted octanol–water partition coefficient (Wildman–Crippen LogP) is 12.2. The fraction of sp³-hybridized carbons (Fsp3) is 0.163. The molecule has 0 saturated heterocycles. The molecule has 0 spiro atoms. The fourth-order valence-electron chi connectivity index (χ4n) is 6.92. The Morgan fingerprint density at radius 1 is 0.413 bits per heavy atom. The van der Waals surface area contributed by atoms with E-state index in [2.05, 4.69) is 207 Å². The molecule has 46 heavy (non-hydrogen) atoms. The van der Waals surface area contributed by atoms with Crippen molar-refractivity contribution in [3.05, 3.63) is 169 Å². The topological polar surface area (TPSA) is 9.72 Å². The molecule has 3 nitrogen and oxygen atoms in total. The molecule has 0 atom stereocenters. The highest BCUT2D eigenvalue weighted by Crippen LogP contribution is 2.54. The number of para-hydroxylation sites is 4. The van der Waals surface area contributed by atoms with Crippen molar-refractivity contribution in [2.75, 3.05) is 14.7 Å². The summed E-state index contributed by atoms with van der Waals surface area (Å²) in [4.78, 5) is 7.24. The van der Waals surface area contributed by atoms with Crippen molar-refractivity contribution in [2.24, 2.45) is 0 Å². The van der Waals surface area contributed by atoms with Crippen LogP contribution in [0.25, 0.3) is 0 Å². The SMILES string of the molecule is CC1(C)c2cc(N(c3ccccc3)c3ccccc3)ccc2N(C(C)(C)C)c2ccc(N(c3ccccc3)c3ccccc3)cc21. The Hall–Kier alpha value is -5.28. The van der Waals surface area contributed by atoms with Crippen LogP contribution in [-0.4, -0.2) is 5.54 Å². The van der Waals surface area contributed by atoms with E-state index in [1.807, 2.05) is 0 Å². The number of rotatable bonds is 6. The molecule has 228 valence electrons. The molecular formula is C43H41N3. The third-order valence-electron chi connectivity index (χ3n) is 9.03. The summed E-state index contributed by atoms with van der Waals surface area (Å²) >= 11 is 0. The maximum absolute atomic E-state index is 2.53. The van der Waals surface area contributed by atoms with E-state index in [1.165, 1.54) is 22.5 Å². The van der Waals surface area contributed by atoms with Gasteiger partial charge in [-0.25, -0.2) is 0 Å². The first-order chi connectivity index (χ1) is 22.2. The zero-order chi connectivity index (χ0) is 31.9. The van der Waals surface area contributed by atoms with Crippen LogP contribution in [0.1, 0.15) is 45.7 Å². The van der Waals surface area contributed by atoms with Gasteiger partial charge in [-0.2, -0.15) is 0 Å². The van der Waals surface area contributed by atoms with Crippen LogP contribution >= 0.6 is 0 Å². The van der Waals surface area contributed by atoms with E-state index in [9.17, 15) is 0 Å². The highest BCUT2D eigenvalue weighted by molar-refractivity contribution is 5.87. The van der Waals surface area contributed by atoms with Crippen LogP contribution in [0.3, 0.4) is 0 Å². The van der Waals surface area contributed by atoms with Gasteiger partial charge in [-0.05, 0) is 117 Å². The minimum absolute atomic E-state index is 0.139. The monoisotopic (exact) mass is 599 g/mol. The van der Waals surface area contributed by atoms with Crippen LogP contribution in [0.2, 0.25) is 0 Å². The summed E-state index contributed by atoms with van der Waals surface area (Å²) in [6.45, 7) is 11.7. The molecule has 1 aliphatic rings. The smallest absolute Gasteiger partial charge is 0.0466 e. The van der Waals surface area contributed by atoms with Gasteiger partial charge in [-0.15, -0.1) is 0 Å². The first-order valence-corrected chi connectivity index (χ1v) is 16.1. The van der Waals surface area contributed by atoms with Crippen LogP contribution in [-0.2, 0) is 5.41 Å². The van der Waals surface area contributed by atoms with Gasteiger partial charge in [-0.1, -0.05) is 86.6 Å². The Bertz CT molecular complexity index is 1730. The third kappa shape index (κ3) is 5.22. The predicted molar refractivity (Wildman–Crippen MR) is 196 cm³/mol. The molecule has 0 bridgehead atoms. The zero-order valence-electron chi connectivity index (χ0n) is 27.4. The second-order valence-corrected chi connectivity index (χ2v) is 13.5. The third-order valence-corrected chi connectivity index (χ3v) is 9.03. The average Bonchev–Trinajstić information content (AvgIpc) is 3.07. The second-order valence-electron chi connectivity index (χ2n) is 13.5. The summed E-state index contributed by atoms with van der Waals surface area (Å²) in [5.74, 6) is 0. The van der Waals surface area contributed by atoms with E-state index in [-0.39, 0.29) is 11.0 Å². The molecule has 0 unspecified atom stereocenters. The van der Waals surface area contributed by atoms with Crippen molar-refractivity contribution in [3.8, 4) is 0 Å². The summed E-state index contributed by atoms with van der Waals surface area (Å²) in [6, 6.07) is 56.7. The van der Waals surface area contributed by atoms with Crippen molar-refractivity contribution >= 4 is 45.5 Å². The van der Waals surface area contributed by atoms with Gasteiger partial charge in [0.15, 0.2) is 0 Å². The average molecular weight is 600 g/mol. The van der Waals surface area contributed by atoms with Gasteiger partial charge in [0.25, 0.3) is 0 Å². The molecule has 1 heterocycles. The highest BCUT2D eigenvalue weighted by atomic mass is 15.2. The van der Waals surface area contributed by atoms with Crippen molar-refractivity contribution in [2.45, 2.75) is 45.6 Å². The number of benzene rings is 6. The molecule has 0 amide bonds. The van der Waals surface area contributed by atoms with Gasteiger partial charge in [0.05, 0.1) is 0 Å². The maximum atomic E-state index is 2.53. The highest BCUT2D eigenvalue weighted by Gasteiger charge is 2.41. The molecule has 0 aromatic heterocycles. The minimum atomic E-state index is -0.267. The van der Waals surface area contributed by atoms with Crippen LogP contribution in [0.5, 0.6) is 0 Å². The van der Waals surface area contributed by atoms with Gasteiger partial charge < -0.3 is 14.7 Å². The molecule has 6 aromatic carbocycles. The first-order valence-electron chi connectivity index (χ1n) is 16.1. The van der Waals surface area contributed by atoms with Gasteiger partial charge in [0.2, 0.25) is 0 Å². The summed E-state index contributed by atoms with van der Waals surface area (Å²) < 4.78 is 0. The van der Waals surface area contributed by atoms with E-state index in [0.29, 0.717) is 0 Å². The first kappa shape index (κ1) is 29.4.